The van der Waals surface area contributed by atoms with Crippen molar-refractivity contribution in [1.82, 2.24) is 0 Å². The van der Waals surface area contributed by atoms with Crippen LogP contribution in [0.3, 0.4) is 0 Å². The highest BCUT2D eigenvalue weighted by molar-refractivity contribution is 6.42. The van der Waals surface area contributed by atoms with Crippen LogP contribution in [0.5, 0.6) is 0 Å². The fourth-order valence-corrected chi connectivity index (χ4v) is 1.03. The van der Waals surface area contributed by atoms with Gasteiger partial charge in [0, 0.05) is 0 Å². The van der Waals surface area contributed by atoms with Gasteiger partial charge >= 0.3 is 0 Å². The molecule has 0 saturated heterocycles. The van der Waals surface area contributed by atoms with Crippen molar-refractivity contribution in [1.29, 1.82) is 0 Å². The Hall–Kier alpha value is 0.0499. The number of hydrogen-bond donors (Lipinski definition) is 2. The first-order chi connectivity index (χ1) is 3.88. The van der Waals surface area contributed by atoms with E-state index in [1.165, 1.54) is 12.8 Å². The van der Waals surface area contributed by atoms with Crippen molar-refractivity contribution in [3.05, 3.63) is 0 Å². The van der Waals surface area contributed by atoms with E-state index in [9.17, 15) is 0 Å². The van der Waals surface area contributed by atoms with E-state index in [-0.39, 0.29) is 0 Å². The van der Waals surface area contributed by atoms with Gasteiger partial charge in [-0.3, -0.25) is 0 Å². The molecule has 42 valence electrons. The van der Waals surface area contributed by atoms with Gasteiger partial charge in [0.1, 0.15) is 0 Å². The molecule has 4 N–H and O–H groups in total. The molecule has 0 amide bonds. The quantitative estimate of drug-likeness (QED) is 0.469. The predicted molar refractivity (Wildman–Crippen MR) is 36.6 cm³/mol. The van der Waals surface area contributed by atoms with Gasteiger partial charge in [0.05, 0.1) is 0 Å². The average molecular weight is 108 g/mol. The molecular formula is C4H10B2N2. The normalized spacial score (nSPS) is 35.8. The van der Waals surface area contributed by atoms with E-state index in [1.807, 2.05) is 0 Å². The summed E-state index contributed by atoms with van der Waals surface area (Å²) in [6.45, 7) is 0. The summed E-state index contributed by atoms with van der Waals surface area (Å²) in [5.74, 6) is 1.14. The van der Waals surface area contributed by atoms with E-state index in [4.69, 9.17) is 11.3 Å². The standard InChI is InChI=1S/C4H10B2N2/c7-5-3-1-2-4(3)6-8/h3-4H,1-2,7-8H2. The molecule has 1 saturated carbocycles. The third kappa shape index (κ3) is 0.906. The fraction of sp³-hybridized carbons (Fsp3) is 1.00. The SMILES string of the molecule is N[B]C1CCC1[B]N. The van der Waals surface area contributed by atoms with Gasteiger partial charge in [-0.2, -0.15) is 0 Å². The molecule has 2 nitrogen and oxygen atoms in total. The van der Waals surface area contributed by atoms with Crippen LogP contribution in [0.4, 0.5) is 0 Å². The molecule has 4 heteroatoms. The van der Waals surface area contributed by atoms with Crippen LogP contribution in [0.2, 0.25) is 11.6 Å². The van der Waals surface area contributed by atoms with Gasteiger partial charge in [0.25, 0.3) is 0 Å². The van der Waals surface area contributed by atoms with Crippen LogP contribution < -0.4 is 11.3 Å². The van der Waals surface area contributed by atoms with Gasteiger partial charge in [-0.1, -0.05) is 24.5 Å². The van der Waals surface area contributed by atoms with E-state index in [1.54, 1.807) is 14.8 Å². The Morgan fingerprint density at radius 3 is 1.50 bits per heavy atom. The summed E-state index contributed by atoms with van der Waals surface area (Å²) >= 11 is 0. The van der Waals surface area contributed by atoms with Crippen LogP contribution >= 0.6 is 0 Å². The molecule has 0 aromatic carbocycles. The number of rotatable bonds is 2. The van der Waals surface area contributed by atoms with E-state index < -0.39 is 0 Å². The van der Waals surface area contributed by atoms with Crippen molar-refractivity contribution < 1.29 is 0 Å². The van der Waals surface area contributed by atoms with Gasteiger partial charge in [-0.25, -0.2) is 0 Å². The van der Waals surface area contributed by atoms with Gasteiger partial charge in [0.2, 0.25) is 14.8 Å². The van der Waals surface area contributed by atoms with Crippen LogP contribution in [-0.4, -0.2) is 14.8 Å². The average Bonchev–Trinajstić information content (AvgIpc) is 1.66. The summed E-state index contributed by atoms with van der Waals surface area (Å²) in [6.07, 6.45) is 2.43. The number of hydrogen-bond acceptors (Lipinski definition) is 2. The Morgan fingerprint density at radius 1 is 1.00 bits per heavy atom. The Labute approximate surface area is 51.5 Å². The third-order valence-corrected chi connectivity index (χ3v) is 1.88. The second-order valence-electron chi connectivity index (χ2n) is 2.29. The molecule has 2 radical (unpaired) electrons. The van der Waals surface area contributed by atoms with E-state index in [0.29, 0.717) is 11.6 Å². The molecule has 0 bridgehead atoms. The summed E-state index contributed by atoms with van der Waals surface area (Å²) in [7, 11) is 3.50. The van der Waals surface area contributed by atoms with Crippen LogP contribution in [0.1, 0.15) is 12.8 Å². The summed E-state index contributed by atoms with van der Waals surface area (Å²) in [4.78, 5) is 0. The van der Waals surface area contributed by atoms with Crippen molar-refractivity contribution in [3.8, 4) is 0 Å². The lowest BCUT2D eigenvalue weighted by Crippen LogP contribution is -2.32. The highest BCUT2D eigenvalue weighted by Crippen LogP contribution is 2.41. The predicted octanol–water partition coefficient (Wildman–Crippen LogP) is -0.487. The molecular weight excluding hydrogens is 97.7 g/mol. The smallest absolute Gasteiger partial charge is 0.205 e. The molecule has 1 aliphatic carbocycles. The molecule has 0 spiro atoms. The maximum Gasteiger partial charge on any atom is 0.205 e. The molecule has 0 aromatic rings. The topological polar surface area (TPSA) is 52.0 Å². The lowest BCUT2D eigenvalue weighted by Gasteiger charge is -2.33. The maximum atomic E-state index is 5.30. The first-order valence-electron chi connectivity index (χ1n) is 2.98. The number of nitrogens with two attached hydrogens (primary N) is 2. The minimum atomic E-state index is 0.569. The van der Waals surface area contributed by atoms with Gasteiger partial charge < -0.3 is 11.3 Å². The summed E-state index contributed by atoms with van der Waals surface area (Å²) < 4.78 is 0. The van der Waals surface area contributed by atoms with Crippen LogP contribution in [0.15, 0.2) is 0 Å². The molecule has 0 aliphatic heterocycles. The van der Waals surface area contributed by atoms with E-state index in [2.05, 4.69) is 0 Å². The highest BCUT2D eigenvalue weighted by atomic mass is 14.5. The summed E-state index contributed by atoms with van der Waals surface area (Å²) in [5.41, 5.74) is 10.6. The van der Waals surface area contributed by atoms with Crippen molar-refractivity contribution in [2.75, 3.05) is 0 Å². The van der Waals surface area contributed by atoms with Crippen molar-refractivity contribution >= 4 is 14.8 Å². The minimum Gasteiger partial charge on any atom is -0.374 e. The Morgan fingerprint density at radius 2 is 1.38 bits per heavy atom. The Bertz CT molecular complexity index is 64.4. The molecule has 2 unspecified atom stereocenters. The Kier molecular flexibility index (Phi) is 1.97. The zero-order chi connectivity index (χ0) is 5.98. The highest BCUT2D eigenvalue weighted by Gasteiger charge is 2.28. The lowest BCUT2D eigenvalue weighted by atomic mass is 9.47. The zero-order valence-corrected chi connectivity index (χ0v) is 4.88. The molecule has 0 heterocycles. The van der Waals surface area contributed by atoms with Gasteiger partial charge in [-0.15, -0.1) is 0 Å². The minimum absolute atomic E-state index is 0.569. The Balaban J connectivity index is 2.16. The van der Waals surface area contributed by atoms with Crippen molar-refractivity contribution in [2.45, 2.75) is 24.5 Å². The monoisotopic (exact) mass is 108 g/mol. The van der Waals surface area contributed by atoms with E-state index >= 15 is 0 Å². The van der Waals surface area contributed by atoms with Gasteiger partial charge in [0.15, 0.2) is 0 Å². The molecule has 1 aliphatic rings. The van der Waals surface area contributed by atoms with Crippen LogP contribution in [-0.2, 0) is 0 Å². The van der Waals surface area contributed by atoms with Crippen LogP contribution in [0.25, 0.3) is 0 Å². The van der Waals surface area contributed by atoms with E-state index in [0.717, 1.165) is 0 Å². The second kappa shape index (κ2) is 2.55. The molecule has 8 heavy (non-hydrogen) atoms. The van der Waals surface area contributed by atoms with Gasteiger partial charge in [-0.05, 0) is 0 Å². The zero-order valence-electron chi connectivity index (χ0n) is 4.88. The third-order valence-electron chi connectivity index (χ3n) is 1.88. The largest absolute Gasteiger partial charge is 0.374 e. The second-order valence-corrected chi connectivity index (χ2v) is 2.29. The fourth-order valence-electron chi connectivity index (χ4n) is 1.03. The molecule has 1 fully saturated rings. The summed E-state index contributed by atoms with van der Waals surface area (Å²) in [5, 5.41) is 0. The van der Waals surface area contributed by atoms with Crippen LogP contribution in [0, 0.1) is 0 Å². The van der Waals surface area contributed by atoms with Crippen molar-refractivity contribution in [3.63, 3.8) is 0 Å². The molecule has 2 atom stereocenters. The molecule has 1 rings (SSSR count). The maximum absolute atomic E-state index is 5.30. The molecule has 0 aromatic heterocycles. The summed E-state index contributed by atoms with van der Waals surface area (Å²) in [6, 6.07) is 0. The first kappa shape index (κ1) is 6.17. The lowest BCUT2D eigenvalue weighted by molar-refractivity contribution is 0.493. The first-order valence-corrected chi connectivity index (χ1v) is 2.98. The van der Waals surface area contributed by atoms with Crippen molar-refractivity contribution in [2.24, 2.45) is 11.3 Å².